The topological polar surface area (TPSA) is 89.5 Å². The van der Waals surface area contributed by atoms with Crippen LogP contribution >= 0.6 is 0 Å². The van der Waals surface area contributed by atoms with Crippen LogP contribution in [0.25, 0.3) is 0 Å². The fourth-order valence-electron chi connectivity index (χ4n) is 2.08. The van der Waals surface area contributed by atoms with Crippen LogP contribution in [0, 0.1) is 6.92 Å². The molecule has 0 fully saturated rings. The van der Waals surface area contributed by atoms with Gasteiger partial charge in [-0.25, -0.2) is 13.2 Å². The highest BCUT2D eigenvalue weighted by atomic mass is 32.2. The first-order valence-electron chi connectivity index (χ1n) is 7.42. The number of benzene rings is 1. The Hall–Kier alpha value is -1.89. The number of hydrogen-bond donors (Lipinski definition) is 1. The van der Waals surface area contributed by atoms with Crippen LogP contribution in [0.2, 0.25) is 0 Å². The maximum absolute atomic E-state index is 12.1. The molecule has 128 valence electrons. The Morgan fingerprint density at radius 1 is 1.30 bits per heavy atom. The molecule has 0 saturated heterocycles. The molecular formula is C16H23NO5S. The SMILES string of the molecule is CCC[C@H](C)NC(=O)COC(=O)c1cc(S(C)(=O)=O)ccc1C. The molecule has 7 heteroatoms. The number of hydrogen-bond acceptors (Lipinski definition) is 5. The number of ether oxygens (including phenoxy) is 1. The third-order valence-corrected chi connectivity index (χ3v) is 4.43. The molecular weight excluding hydrogens is 318 g/mol. The Morgan fingerprint density at radius 3 is 2.52 bits per heavy atom. The van der Waals surface area contributed by atoms with Crippen LogP contribution in [0.4, 0.5) is 0 Å². The van der Waals surface area contributed by atoms with Gasteiger partial charge in [0.15, 0.2) is 16.4 Å². The summed E-state index contributed by atoms with van der Waals surface area (Å²) in [5, 5.41) is 2.73. The molecule has 1 atom stereocenters. The summed E-state index contributed by atoms with van der Waals surface area (Å²) in [5.74, 6) is -1.09. The van der Waals surface area contributed by atoms with E-state index in [0.29, 0.717) is 5.56 Å². The molecule has 0 aromatic heterocycles. The van der Waals surface area contributed by atoms with E-state index < -0.39 is 22.4 Å². The van der Waals surface area contributed by atoms with Crippen LogP contribution in [0.5, 0.6) is 0 Å². The normalized spacial score (nSPS) is 12.5. The predicted octanol–water partition coefficient (Wildman–Crippen LogP) is 1.86. The lowest BCUT2D eigenvalue weighted by Crippen LogP contribution is -2.35. The van der Waals surface area contributed by atoms with E-state index >= 15 is 0 Å². The van der Waals surface area contributed by atoms with Crippen molar-refractivity contribution in [2.45, 2.75) is 44.6 Å². The summed E-state index contributed by atoms with van der Waals surface area (Å²) in [6, 6.07) is 4.25. The van der Waals surface area contributed by atoms with Gasteiger partial charge in [-0.3, -0.25) is 4.79 Å². The Labute approximate surface area is 137 Å². The molecule has 1 rings (SSSR count). The predicted molar refractivity (Wildman–Crippen MR) is 87.1 cm³/mol. The Balaban J connectivity index is 2.73. The number of esters is 1. The zero-order chi connectivity index (χ0) is 17.6. The Bertz CT molecular complexity index is 682. The van der Waals surface area contributed by atoms with Crippen molar-refractivity contribution in [1.82, 2.24) is 5.32 Å². The van der Waals surface area contributed by atoms with Crippen molar-refractivity contribution in [3.63, 3.8) is 0 Å². The first-order chi connectivity index (χ1) is 10.6. The molecule has 6 nitrogen and oxygen atoms in total. The summed E-state index contributed by atoms with van der Waals surface area (Å²) in [7, 11) is -3.42. The maximum Gasteiger partial charge on any atom is 0.338 e. The number of nitrogens with one attached hydrogen (secondary N) is 1. The lowest BCUT2D eigenvalue weighted by molar-refractivity contribution is -0.124. The summed E-state index contributed by atoms with van der Waals surface area (Å²) in [5.41, 5.74) is 0.726. The lowest BCUT2D eigenvalue weighted by atomic mass is 10.1. The molecule has 1 aromatic carbocycles. The molecule has 0 heterocycles. The molecule has 1 aromatic rings. The lowest BCUT2D eigenvalue weighted by Gasteiger charge is -2.13. The van der Waals surface area contributed by atoms with Gasteiger partial charge in [0, 0.05) is 12.3 Å². The molecule has 0 aliphatic carbocycles. The van der Waals surface area contributed by atoms with E-state index in [9.17, 15) is 18.0 Å². The fourth-order valence-corrected chi connectivity index (χ4v) is 2.73. The highest BCUT2D eigenvalue weighted by Crippen LogP contribution is 2.16. The molecule has 1 N–H and O–H groups in total. The monoisotopic (exact) mass is 341 g/mol. The van der Waals surface area contributed by atoms with Gasteiger partial charge in [-0.2, -0.15) is 0 Å². The van der Waals surface area contributed by atoms with Crippen molar-refractivity contribution in [1.29, 1.82) is 0 Å². The van der Waals surface area contributed by atoms with Gasteiger partial charge < -0.3 is 10.1 Å². The van der Waals surface area contributed by atoms with Crippen molar-refractivity contribution < 1.29 is 22.7 Å². The van der Waals surface area contributed by atoms with Gasteiger partial charge in [-0.1, -0.05) is 19.4 Å². The molecule has 0 bridgehead atoms. The van der Waals surface area contributed by atoms with Crippen molar-refractivity contribution in [3.05, 3.63) is 29.3 Å². The maximum atomic E-state index is 12.1. The van der Waals surface area contributed by atoms with Crippen molar-refractivity contribution in [2.24, 2.45) is 0 Å². The van der Waals surface area contributed by atoms with E-state index in [0.717, 1.165) is 19.1 Å². The number of carbonyl (C=O) groups excluding carboxylic acids is 2. The van der Waals surface area contributed by atoms with Gasteiger partial charge in [0.2, 0.25) is 0 Å². The van der Waals surface area contributed by atoms with Gasteiger partial charge in [-0.15, -0.1) is 0 Å². The van der Waals surface area contributed by atoms with Crippen LogP contribution in [-0.2, 0) is 19.4 Å². The number of aryl methyl sites for hydroxylation is 1. The number of carbonyl (C=O) groups is 2. The summed E-state index contributed by atoms with van der Waals surface area (Å²) in [6.07, 6.45) is 2.85. The second-order valence-electron chi connectivity index (χ2n) is 5.58. The van der Waals surface area contributed by atoms with E-state index in [1.807, 2.05) is 13.8 Å². The van der Waals surface area contributed by atoms with E-state index in [4.69, 9.17) is 4.74 Å². The smallest absolute Gasteiger partial charge is 0.338 e. The van der Waals surface area contributed by atoms with Crippen molar-refractivity contribution in [3.8, 4) is 0 Å². The minimum Gasteiger partial charge on any atom is -0.452 e. The summed E-state index contributed by atoms with van der Waals surface area (Å²) in [4.78, 5) is 23.8. The zero-order valence-corrected chi connectivity index (χ0v) is 14.7. The van der Waals surface area contributed by atoms with Crippen molar-refractivity contribution >= 4 is 21.7 Å². The average Bonchev–Trinajstić information content (AvgIpc) is 2.44. The molecule has 0 radical (unpaired) electrons. The van der Waals surface area contributed by atoms with Crippen LogP contribution in [0.1, 0.15) is 42.6 Å². The van der Waals surface area contributed by atoms with Gasteiger partial charge in [0.05, 0.1) is 10.5 Å². The van der Waals surface area contributed by atoms with Gasteiger partial charge in [0.1, 0.15) is 0 Å². The van der Waals surface area contributed by atoms with E-state index in [2.05, 4.69) is 5.32 Å². The van der Waals surface area contributed by atoms with Crippen LogP contribution in [-0.4, -0.2) is 39.2 Å². The zero-order valence-electron chi connectivity index (χ0n) is 13.9. The highest BCUT2D eigenvalue weighted by molar-refractivity contribution is 7.90. The average molecular weight is 341 g/mol. The van der Waals surface area contributed by atoms with E-state index in [-0.39, 0.29) is 22.4 Å². The van der Waals surface area contributed by atoms with E-state index in [1.165, 1.54) is 18.2 Å². The molecule has 0 aliphatic heterocycles. The fraction of sp³-hybridized carbons (Fsp3) is 0.500. The first-order valence-corrected chi connectivity index (χ1v) is 9.31. The summed E-state index contributed by atoms with van der Waals surface area (Å²) < 4.78 is 28.1. The van der Waals surface area contributed by atoms with Gasteiger partial charge in [0.25, 0.3) is 5.91 Å². The standard InChI is InChI=1S/C16H23NO5S/c1-5-6-12(3)17-15(18)10-22-16(19)14-9-13(23(4,20)21)8-7-11(14)2/h7-9,12H,5-6,10H2,1-4H3,(H,17,18)/t12-/m0/s1. The molecule has 0 saturated carbocycles. The minimum absolute atomic E-state index is 0.0153. The Morgan fingerprint density at radius 2 is 1.96 bits per heavy atom. The van der Waals surface area contributed by atoms with Crippen LogP contribution < -0.4 is 5.32 Å². The molecule has 0 aliphatic rings. The minimum atomic E-state index is -3.42. The highest BCUT2D eigenvalue weighted by Gasteiger charge is 2.17. The second-order valence-corrected chi connectivity index (χ2v) is 7.60. The van der Waals surface area contributed by atoms with Crippen LogP contribution in [0.15, 0.2) is 23.1 Å². The van der Waals surface area contributed by atoms with E-state index in [1.54, 1.807) is 6.92 Å². The first kappa shape index (κ1) is 19.2. The quantitative estimate of drug-likeness (QED) is 0.765. The Kier molecular flexibility index (Phi) is 6.75. The number of amides is 1. The number of sulfone groups is 1. The molecule has 0 spiro atoms. The second kappa shape index (κ2) is 8.10. The molecule has 23 heavy (non-hydrogen) atoms. The van der Waals surface area contributed by atoms with Crippen molar-refractivity contribution in [2.75, 3.05) is 12.9 Å². The summed E-state index contributed by atoms with van der Waals surface area (Å²) >= 11 is 0. The van der Waals surface area contributed by atoms with Crippen LogP contribution in [0.3, 0.4) is 0 Å². The van der Waals surface area contributed by atoms with Gasteiger partial charge >= 0.3 is 5.97 Å². The third kappa shape index (κ3) is 6.02. The third-order valence-electron chi connectivity index (χ3n) is 3.32. The molecule has 1 amide bonds. The summed E-state index contributed by atoms with van der Waals surface area (Å²) in [6.45, 7) is 5.17. The largest absolute Gasteiger partial charge is 0.452 e. The molecule has 0 unspecified atom stereocenters. The number of rotatable bonds is 7. The van der Waals surface area contributed by atoms with Gasteiger partial charge in [-0.05, 0) is 38.0 Å².